The highest BCUT2D eigenvalue weighted by Gasteiger charge is 2.23. The highest BCUT2D eigenvalue weighted by atomic mass is 35.5. The molecule has 0 bridgehead atoms. The van der Waals surface area contributed by atoms with Crippen LogP contribution in [0, 0.1) is 6.92 Å². The number of rotatable bonds is 6. The predicted molar refractivity (Wildman–Crippen MR) is 152 cm³/mol. The first-order valence-electron chi connectivity index (χ1n) is 12.1. The average molecular weight is 537 g/mol. The van der Waals surface area contributed by atoms with Crippen molar-refractivity contribution in [3.8, 4) is 5.75 Å². The number of hydrogen-bond acceptors (Lipinski definition) is 5. The molecule has 0 aliphatic carbocycles. The Hall–Kier alpha value is -3.62. The van der Waals surface area contributed by atoms with Crippen LogP contribution in [0.3, 0.4) is 0 Å². The number of carbonyl (C=O) groups is 2. The molecule has 2 amide bonds. The van der Waals surface area contributed by atoms with Gasteiger partial charge in [-0.15, -0.1) is 0 Å². The van der Waals surface area contributed by atoms with Gasteiger partial charge in [0.1, 0.15) is 5.75 Å². The Kier molecular flexibility index (Phi) is 8.63. The fraction of sp³-hybridized carbons (Fsp3) is 0.250. The van der Waals surface area contributed by atoms with Gasteiger partial charge < -0.3 is 19.9 Å². The summed E-state index contributed by atoms with van der Waals surface area (Å²) in [7, 11) is 0. The predicted octanol–water partition coefficient (Wildman–Crippen LogP) is 5.14. The number of thiocarbonyl (C=S) groups is 1. The summed E-state index contributed by atoms with van der Waals surface area (Å²) in [5.41, 5.74) is 3.96. The second-order valence-corrected chi connectivity index (χ2v) is 9.44. The number of amides is 2. The van der Waals surface area contributed by atoms with Crippen LogP contribution in [-0.2, 0) is 0 Å². The molecule has 0 unspecified atom stereocenters. The molecule has 7 nitrogen and oxygen atoms in total. The molecule has 2 N–H and O–H groups in total. The fourth-order valence-corrected chi connectivity index (χ4v) is 4.60. The van der Waals surface area contributed by atoms with Crippen LogP contribution in [0.25, 0.3) is 0 Å². The lowest BCUT2D eigenvalue weighted by atomic mass is 10.1. The number of nitrogens with one attached hydrogen (secondary N) is 2. The SMILES string of the molecule is CCOc1ccc(C(=O)NC(=S)Nc2ccc(N3CCN(C(=O)c4ccccc4C)CC3)cc2)cc1Cl. The summed E-state index contributed by atoms with van der Waals surface area (Å²) in [6, 6.07) is 20.4. The quantitative estimate of drug-likeness (QED) is 0.425. The van der Waals surface area contributed by atoms with Crippen LogP contribution >= 0.6 is 23.8 Å². The minimum Gasteiger partial charge on any atom is -0.492 e. The molecule has 1 heterocycles. The van der Waals surface area contributed by atoms with Crippen LogP contribution in [-0.4, -0.2) is 54.6 Å². The Balaban J connectivity index is 1.28. The van der Waals surface area contributed by atoms with Crippen molar-refractivity contribution in [1.29, 1.82) is 0 Å². The molecular formula is C28H29ClN4O3S. The molecule has 0 atom stereocenters. The minimum absolute atomic E-state index is 0.0837. The van der Waals surface area contributed by atoms with E-state index in [9.17, 15) is 9.59 Å². The molecular weight excluding hydrogens is 508 g/mol. The topological polar surface area (TPSA) is 73.9 Å². The molecule has 1 saturated heterocycles. The van der Waals surface area contributed by atoms with E-state index < -0.39 is 0 Å². The van der Waals surface area contributed by atoms with Gasteiger partial charge in [0.2, 0.25) is 0 Å². The number of piperazine rings is 1. The van der Waals surface area contributed by atoms with E-state index >= 15 is 0 Å². The molecule has 37 heavy (non-hydrogen) atoms. The molecule has 3 aromatic carbocycles. The lowest BCUT2D eigenvalue weighted by Gasteiger charge is -2.36. The van der Waals surface area contributed by atoms with Crippen LogP contribution in [0.15, 0.2) is 66.7 Å². The number of carbonyl (C=O) groups excluding carboxylic acids is 2. The molecule has 192 valence electrons. The number of anilines is 2. The van der Waals surface area contributed by atoms with Gasteiger partial charge in [0.05, 0.1) is 11.6 Å². The van der Waals surface area contributed by atoms with Gasteiger partial charge in [-0.3, -0.25) is 14.9 Å². The summed E-state index contributed by atoms with van der Waals surface area (Å²) in [6.07, 6.45) is 0. The molecule has 3 aromatic rings. The first-order valence-corrected chi connectivity index (χ1v) is 12.9. The van der Waals surface area contributed by atoms with Crippen molar-refractivity contribution in [2.75, 3.05) is 43.0 Å². The van der Waals surface area contributed by atoms with E-state index in [1.807, 2.05) is 67.3 Å². The zero-order valence-corrected chi connectivity index (χ0v) is 22.4. The first-order chi connectivity index (χ1) is 17.9. The third-order valence-electron chi connectivity index (χ3n) is 6.15. The molecule has 9 heteroatoms. The number of ether oxygens (including phenoxy) is 1. The fourth-order valence-electron chi connectivity index (χ4n) is 4.16. The molecule has 1 fully saturated rings. The Morgan fingerprint density at radius 2 is 1.70 bits per heavy atom. The van der Waals surface area contributed by atoms with Gasteiger partial charge in [-0.05, 0) is 80.2 Å². The molecule has 0 spiro atoms. The average Bonchev–Trinajstić information content (AvgIpc) is 2.90. The van der Waals surface area contributed by atoms with Crippen molar-refractivity contribution in [1.82, 2.24) is 10.2 Å². The number of benzene rings is 3. The molecule has 4 rings (SSSR count). The number of hydrogen-bond donors (Lipinski definition) is 2. The van der Waals surface area contributed by atoms with E-state index in [1.165, 1.54) is 0 Å². The maximum Gasteiger partial charge on any atom is 0.257 e. The monoisotopic (exact) mass is 536 g/mol. The Morgan fingerprint density at radius 1 is 1.00 bits per heavy atom. The van der Waals surface area contributed by atoms with Crippen molar-refractivity contribution in [3.05, 3.63) is 88.4 Å². The summed E-state index contributed by atoms with van der Waals surface area (Å²) in [5, 5.41) is 6.25. The zero-order chi connectivity index (χ0) is 26.4. The van der Waals surface area contributed by atoms with Crippen molar-refractivity contribution in [2.45, 2.75) is 13.8 Å². The normalized spacial score (nSPS) is 13.2. The van der Waals surface area contributed by atoms with Gasteiger partial charge in [0.15, 0.2) is 5.11 Å². The summed E-state index contributed by atoms with van der Waals surface area (Å²) >= 11 is 11.5. The number of nitrogens with zero attached hydrogens (tertiary/aromatic N) is 2. The van der Waals surface area contributed by atoms with Crippen LogP contribution in [0.1, 0.15) is 33.2 Å². The standard InChI is InChI=1S/C28H29ClN4O3S/c1-3-36-25-13-8-20(18-24(25)29)26(34)31-28(37)30-21-9-11-22(12-10-21)32-14-16-33(17-15-32)27(35)23-7-5-4-6-19(23)2/h4-13,18H,3,14-17H2,1-2H3,(H2,30,31,34,37). The largest absolute Gasteiger partial charge is 0.492 e. The van der Waals surface area contributed by atoms with E-state index in [-0.39, 0.29) is 16.9 Å². The molecule has 0 radical (unpaired) electrons. The van der Waals surface area contributed by atoms with Crippen LogP contribution in [0.5, 0.6) is 5.75 Å². The number of halogens is 1. The van der Waals surface area contributed by atoms with Crippen molar-refractivity contribution < 1.29 is 14.3 Å². The van der Waals surface area contributed by atoms with Gasteiger partial charge in [0, 0.05) is 48.7 Å². The highest BCUT2D eigenvalue weighted by molar-refractivity contribution is 7.80. The second kappa shape index (κ2) is 12.1. The van der Waals surface area contributed by atoms with E-state index in [2.05, 4.69) is 15.5 Å². The summed E-state index contributed by atoms with van der Waals surface area (Å²) in [5.74, 6) is 0.248. The van der Waals surface area contributed by atoms with Gasteiger partial charge >= 0.3 is 0 Å². The second-order valence-electron chi connectivity index (χ2n) is 8.63. The zero-order valence-electron chi connectivity index (χ0n) is 20.8. The summed E-state index contributed by atoms with van der Waals surface area (Å²) in [6.45, 7) is 7.15. The Labute approximate surface area is 227 Å². The summed E-state index contributed by atoms with van der Waals surface area (Å²) < 4.78 is 5.40. The smallest absolute Gasteiger partial charge is 0.257 e. The minimum atomic E-state index is -0.364. The van der Waals surface area contributed by atoms with Crippen LogP contribution in [0.4, 0.5) is 11.4 Å². The lowest BCUT2D eigenvalue weighted by Crippen LogP contribution is -2.48. The van der Waals surface area contributed by atoms with E-state index in [0.29, 0.717) is 36.0 Å². The Morgan fingerprint density at radius 3 is 2.35 bits per heavy atom. The number of aryl methyl sites for hydroxylation is 1. The van der Waals surface area contributed by atoms with E-state index in [4.69, 9.17) is 28.6 Å². The van der Waals surface area contributed by atoms with Crippen molar-refractivity contribution in [3.63, 3.8) is 0 Å². The van der Waals surface area contributed by atoms with Crippen LogP contribution in [0.2, 0.25) is 5.02 Å². The van der Waals surface area contributed by atoms with Gasteiger partial charge in [-0.2, -0.15) is 0 Å². The highest BCUT2D eigenvalue weighted by Crippen LogP contribution is 2.25. The third-order valence-corrected chi connectivity index (χ3v) is 6.65. The van der Waals surface area contributed by atoms with Gasteiger partial charge in [0.25, 0.3) is 11.8 Å². The van der Waals surface area contributed by atoms with Gasteiger partial charge in [-0.1, -0.05) is 29.8 Å². The van der Waals surface area contributed by atoms with Gasteiger partial charge in [-0.25, -0.2) is 0 Å². The maximum atomic E-state index is 12.9. The van der Waals surface area contributed by atoms with E-state index in [0.717, 1.165) is 35.6 Å². The Bertz CT molecular complexity index is 1290. The maximum absolute atomic E-state index is 12.9. The molecule has 0 aromatic heterocycles. The third kappa shape index (κ3) is 6.58. The first kappa shape index (κ1) is 26.4. The van der Waals surface area contributed by atoms with Crippen molar-refractivity contribution in [2.24, 2.45) is 0 Å². The molecule has 1 aliphatic heterocycles. The van der Waals surface area contributed by atoms with E-state index in [1.54, 1.807) is 18.2 Å². The van der Waals surface area contributed by atoms with Crippen molar-refractivity contribution >= 4 is 52.1 Å². The lowest BCUT2D eigenvalue weighted by molar-refractivity contribution is 0.0746. The van der Waals surface area contributed by atoms with Crippen LogP contribution < -0.4 is 20.3 Å². The summed E-state index contributed by atoms with van der Waals surface area (Å²) in [4.78, 5) is 29.6. The molecule has 1 aliphatic rings. The molecule has 0 saturated carbocycles.